The van der Waals surface area contributed by atoms with E-state index in [1.54, 1.807) is 17.3 Å². The van der Waals surface area contributed by atoms with Gasteiger partial charge in [-0.3, -0.25) is 14.6 Å². The highest BCUT2D eigenvalue weighted by molar-refractivity contribution is 5.95. The summed E-state index contributed by atoms with van der Waals surface area (Å²) in [5, 5.41) is 2.72. The molecule has 6 nitrogen and oxygen atoms in total. The zero-order valence-electron chi connectivity index (χ0n) is 13.8. The Balaban J connectivity index is 1.66. The Morgan fingerprint density at radius 2 is 2.20 bits per heavy atom. The van der Waals surface area contributed by atoms with E-state index in [4.69, 9.17) is 4.74 Å². The summed E-state index contributed by atoms with van der Waals surface area (Å²) >= 11 is 0. The number of aromatic nitrogens is 1. The SMILES string of the molecule is COc1ccc(C(=O)NCc2cncc(N3CCCC3=O)c2)cc1F. The maximum absolute atomic E-state index is 13.7. The minimum atomic E-state index is -0.591. The molecule has 0 aliphatic carbocycles. The average Bonchev–Trinajstić information content (AvgIpc) is 3.06. The fraction of sp³-hybridized carbons (Fsp3) is 0.278. The Labute approximate surface area is 144 Å². The van der Waals surface area contributed by atoms with Gasteiger partial charge in [-0.15, -0.1) is 0 Å². The van der Waals surface area contributed by atoms with Crippen molar-refractivity contribution in [2.24, 2.45) is 0 Å². The fourth-order valence-electron chi connectivity index (χ4n) is 2.73. The lowest BCUT2D eigenvalue weighted by Gasteiger charge is -2.16. The molecule has 1 aromatic carbocycles. The highest BCUT2D eigenvalue weighted by Gasteiger charge is 2.22. The van der Waals surface area contributed by atoms with Gasteiger partial charge < -0.3 is 15.0 Å². The van der Waals surface area contributed by atoms with E-state index >= 15 is 0 Å². The van der Waals surface area contributed by atoms with Gasteiger partial charge in [-0.05, 0) is 36.2 Å². The van der Waals surface area contributed by atoms with Gasteiger partial charge in [0.05, 0.1) is 19.0 Å². The molecule has 1 N–H and O–H groups in total. The molecule has 25 heavy (non-hydrogen) atoms. The fourth-order valence-corrected chi connectivity index (χ4v) is 2.73. The standard InChI is InChI=1S/C18H18FN3O3/c1-25-16-5-4-13(8-15(16)19)18(24)21-10-12-7-14(11-20-9-12)22-6-2-3-17(22)23/h4-5,7-9,11H,2-3,6,10H2,1H3,(H,21,24). The van der Waals surface area contributed by atoms with E-state index in [2.05, 4.69) is 10.3 Å². The van der Waals surface area contributed by atoms with Gasteiger partial charge in [0.25, 0.3) is 5.91 Å². The summed E-state index contributed by atoms with van der Waals surface area (Å²) in [4.78, 5) is 29.8. The smallest absolute Gasteiger partial charge is 0.251 e. The summed E-state index contributed by atoms with van der Waals surface area (Å²) in [6, 6.07) is 5.86. The van der Waals surface area contributed by atoms with E-state index in [0.717, 1.165) is 23.7 Å². The van der Waals surface area contributed by atoms with Gasteiger partial charge in [-0.25, -0.2) is 4.39 Å². The quantitative estimate of drug-likeness (QED) is 0.904. The summed E-state index contributed by atoms with van der Waals surface area (Å²) in [5.74, 6) is -0.823. The molecule has 0 bridgehead atoms. The minimum Gasteiger partial charge on any atom is -0.494 e. The van der Waals surface area contributed by atoms with E-state index in [1.807, 2.05) is 6.07 Å². The van der Waals surface area contributed by atoms with Crippen LogP contribution in [0.4, 0.5) is 10.1 Å². The number of amides is 2. The van der Waals surface area contributed by atoms with E-state index < -0.39 is 11.7 Å². The van der Waals surface area contributed by atoms with Crippen LogP contribution in [-0.4, -0.2) is 30.5 Å². The van der Waals surface area contributed by atoms with Crippen LogP contribution < -0.4 is 15.0 Å². The largest absolute Gasteiger partial charge is 0.494 e. The molecule has 0 radical (unpaired) electrons. The Morgan fingerprint density at radius 3 is 2.88 bits per heavy atom. The van der Waals surface area contributed by atoms with Crippen molar-refractivity contribution in [3.63, 3.8) is 0 Å². The van der Waals surface area contributed by atoms with E-state index in [-0.39, 0.29) is 23.8 Å². The first-order valence-corrected chi connectivity index (χ1v) is 7.94. The molecule has 7 heteroatoms. The molecule has 1 aromatic heterocycles. The van der Waals surface area contributed by atoms with Crippen molar-refractivity contribution in [2.75, 3.05) is 18.6 Å². The van der Waals surface area contributed by atoms with Crippen LogP contribution in [0.5, 0.6) is 5.75 Å². The van der Waals surface area contributed by atoms with Crippen LogP contribution in [0.2, 0.25) is 0 Å². The second kappa shape index (κ2) is 7.29. The third-order valence-electron chi connectivity index (χ3n) is 4.03. The highest BCUT2D eigenvalue weighted by atomic mass is 19.1. The monoisotopic (exact) mass is 343 g/mol. The number of pyridine rings is 1. The molecule has 1 aliphatic heterocycles. The highest BCUT2D eigenvalue weighted by Crippen LogP contribution is 2.21. The molecule has 130 valence electrons. The summed E-state index contributed by atoms with van der Waals surface area (Å²) in [7, 11) is 1.36. The number of ether oxygens (including phenoxy) is 1. The number of hydrogen-bond donors (Lipinski definition) is 1. The molecule has 1 aliphatic rings. The number of halogens is 1. The minimum absolute atomic E-state index is 0.0803. The predicted octanol–water partition coefficient (Wildman–Crippen LogP) is 2.29. The number of rotatable bonds is 5. The zero-order valence-corrected chi connectivity index (χ0v) is 13.8. The molecule has 1 fully saturated rings. The van der Waals surface area contributed by atoms with Crippen molar-refractivity contribution in [3.05, 3.63) is 53.6 Å². The lowest BCUT2D eigenvalue weighted by molar-refractivity contribution is -0.117. The van der Waals surface area contributed by atoms with Gasteiger partial charge in [0, 0.05) is 31.3 Å². The van der Waals surface area contributed by atoms with Crippen LogP contribution >= 0.6 is 0 Å². The second-order valence-electron chi connectivity index (χ2n) is 5.73. The van der Waals surface area contributed by atoms with Crippen molar-refractivity contribution >= 4 is 17.5 Å². The maximum atomic E-state index is 13.7. The van der Waals surface area contributed by atoms with Crippen molar-refractivity contribution in [1.82, 2.24) is 10.3 Å². The third kappa shape index (κ3) is 3.76. The molecule has 3 rings (SSSR count). The number of benzene rings is 1. The number of methoxy groups -OCH3 is 1. The molecular weight excluding hydrogens is 325 g/mol. The van der Waals surface area contributed by atoms with Crippen molar-refractivity contribution in [2.45, 2.75) is 19.4 Å². The lowest BCUT2D eigenvalue weighted by Crippen LogP contribution is -2.25. The molecule has 0 atom stereocenters. The topological polar surface area (TPSA) is 71.5 Å². The normalized spacial score (nSPS) is 13.8. The van der Waals surface area contributed by atoms with Gasteiger partial charge in [-0.2, -0.15) is 0 Å². The molecule has 0 saturated carbocycles. The van der Waals surface area contributed by atoms with Gasteiger partial charge >= 0.3 is 0 Å². The zero-order chi connectivity index (χ0) is 17.8. The van der Waals surface area contributed by atoms with E-state index in [9.17, 15) is 14.0 Å². The summed E-state index contributed by atoms with van der Waals surface area (Å²) in [6.07, 6.45) is 4.64. The van der Waals surface area contributed by atoms with Crippen LogP contribution in [0.1, 0.15) is 28.8 Å². The predicted molar refractivity (Wildman–Crippen MR) is 89.9 cm³/mol. The van der Waals surface area contributed by atoms with Crippen molar-refractivity contribution in [3.8, 4) is 5.75 Å². The van der Waals surface area contributed by atoms with Crippen molar-refractivity contribution in [1.29, 1.82) is 0 Å². The molecule has 2 amide bonds. The molecule has 2 heterocycles. The molecule has 2 aromatic rings. The average molecular weight is 343 g/mol. The number of nitrogens with zero attached hydrogens (tertiary/aromatic N) is 2. The summed E-state index contributed by atoms with van der Waals surface area (Å²) in [6.45, 7) is 0.913. The number of nitrogens with one attached hydrogen (secondary N) is 1. The Hall–Kier alpha value is -2.96. The molecule has 0 unspecified atom stereocenters. The molecule has 0 spiro atoms. The number of anilines is 1. The van der Waals surface area contributed by atoms with Crippen LogP contribution in [0.25, 0.3) is 0 Å². The van der Waals surface area contributed by atoms with Crippen LogP contribution in [-0.2, 0) is 11.3 Å². The van der Waals surface area contributed by atoms with Crippen LogP contribution in [0.3, 0.4) is 0 Å². The third-order valence-corrected chi connectivity index (χ3v) is 4.03. The van der Waals surface area contributed by atoms with Gasteiger partial charge in [0.2, 0.25) is 5.91 Å². The van der Waals surface area contributed by atoms with Gasteiger partial charge in [0.15, 0.2) is 11.6 Å². The number of carbonyl (C=O) groups excluding carboxylic acids is 2. The Kier molecular flexibility index (Phi) is 4.92. The number of hydrogen-bond acceptors (Lipinski definition) is 4. The second-order valence-corrected chi connectivity index (χ2v) is 5.73. The first-order valence-electron chi connectivity index (χ1n) is 7.94. The number of carbonyl (C=O) groups is 2. The van der Waals surface area contributed by atoms with Gasteiger partial charge in [0.1, 0.15) is 0 Å². The summed E-state index contributed by atoms with van der Waals surface area (Å²) in [5.41, 5.74) is 1.70. The van der Waals surface area contributed by atoms with Crippen molar-refractivity contribution < 1.29 is 18.7 Å². The first kappa shape index (κ1) is 16.9. The van der Waals surface area contributed by atoms with E-state index in [0.29, 0.717) is 13.0 Å². The molecular formula is C18H18FN3O3. The van der Waals surface area contributed by atoms with Gasteiger partial charge in [-0.1, -0.05) is 0 Å². The Bertz CT molecular complexity index is 810. The molecule has 1 saturated heterocycles. The Morgan fingerprint density at radius 1 is 1.36 bits per heavy atom. The first-order chi connectivity index (χ1) is 12.1. The summed E-state index contributed by atoms with van der Waals surface area (Å²) < 4.78 is 18.5. The lowest BCUT2D eigenvalue weighted by atomic mass is 10.2. The van der Waals surface area contributed by atoms with E-state index in [1.165, 1.54) is 19.2 Å². The maximum Gasteiger partial charge on any atom is 0.251 e. The van der Waals surface area contributed by atoms with Crippen LogP contribution in [0, 0.1) is 5.82 Å². The van der Waals surface area contributed by atoms with Crippen LogP contribution in [0.15, 0.2) is 36.7 Å².